The van der Waals surface area contributed by atoms with E-state index in [1.165, 1.54) is 12.8 Å². The fourth-order valence-electron chi connectivity index (χ4n) is 1.96. The van der Waals surface area contributed by atoms with E-state index in [2.05, 4.69) is 9.38 Å². The third-order valence-electron chi connectivity index (χ3n) is 3.01. The monoisotopic (exact) mass is 215 g/mol. The largest absolute Gasteiger partial charge is 0.324 e. The maximum absolute atomic E-state index is 11.5. The van der Waals surface area contributed by atoms with Crippen molar-refractivity contribution in [2.45, 2.75) is 18.8 Å². The number of carbonyl (C=O) groups is 1. The van der Waals surface area contributed by atoms with Crippen LogP contribution >= 0.6 is 0 Å². The van der Waals surface area contributed by atoms with E-state index in [0.29, 0.717) is 11.5 Å². The van der Waals surface area contributed by atoms with Crippen molar-refractivity contribution in [3.8, 4) is 0 Å². The molecule has 2 N–H and O–H groups in total. The van der Waals surface area contributed by atoms with Crippen LogP contribution in [0.4, 0.5) is 0 Å². The molecule has 3 rings (SSSR count). The molecule has 2 heterocycles. The van der Waals surface area contributed by atoms with Gasteiger partial charge in [-0.15, -0.1) is 0 Å². The van der Waals surface area contributed by atoms with Gasteiger partial charge in [0, 0.05) is 17.7 Å². The Morgan fingerprint density at radius 1 is 1.56 bits per heavy atom. The molecule has 4 nitrogen and oxygen atoms in total. The first-order valence-corrected chi connectivity index (χ1v) is 5.50. The molecule has 1 aliphatic rings. The van der Waals surface area contributed by atoms with Crippen LogP contribution in [0.15, 0.2) is 24.5 Å². The number of rotatable bonds is 3. The molecule has 0 unspecified atom stereocenters. The summed E-state index contributed by atoms with van der Waals surface area (Å²) < 4.78 is 2.06. The van der Waals surface area contributed by atoms with Crippen LogP contribution in [0.5, 0.6) is 0 Å². The zero-order valence-corrected chi connectivity index (χ0v) is 8.89. The van der Waals surface area contributed by atoms with Gasteiger partial charge in [0.05, 0.1) is 18.3 Å². The van der Waals surface area contributed by atoms with Crippen molar-refractivity contribution >= 4 is 11.3 Å². The van der Waals surface area contributed by atoms with Crippen molar-refractivity contribution < 1.29 is 4.79 Å². The third kappa shape index (κ3) is 1.42. The first kappa shape index (κ1) is 9.54. The average Bonchev–Trinajstić information content (AvgIpc) is 3.08. The van der Waals surface area contributed by atoms with Crippen LogP contribution in [0.25, 0.3) is 5.52 Å². The highest BCUT2D eigenvalue weighted by Crippen LogP contribution is 2.39. The van der Waals surface area contributed by atoms with Gasteiger partial charge in [0.15, 0.2) is 5.78 Å². The van der Waals surface area contributed by atoms with Crippen molar-refractivity contribution in [2.24, 2.45) is 5.73 Å². The molecule has 1 aliphatic carbocycles. The van der Waals surface area contributed by atoms with E-state index in [-0.39, 0.29) is 12.3 Å². The van der Waals surface area contributed by atoms with Gasteiger partial charge in [0.25, 0.3) is 0 Å². The van der Waals surface area contributed by atoms with Gasteiger partial charge in [-0.1, -0.05) is 0 Å². The van der Waals surface area contributed by atoms with Crippen LogP contribution in [0.2, 0.25) is 0 Å². The summed E-state index contributed by atoms with van der Waals surface area (Å²) in [5, 5.41) is 0. The van der Waals surface area contributed by atoms with Crippen LogP contribution < -0.4 is 5.73 Å². The van der Waals surface area contributed by atoms with E-state index >= 15 is 0 Å². The molecule has 2 aromatic rings. The minimum absolute atomic E-state index is 0.0309. The molecule has 82 valence electrons. The number of ketones is 1. The van der Waals surface area contributed by atoms with Gasteiger partial charge in [-0.3, -0.25) is 4.79 Å². The van der Waals surface area contributed by atoms with Crippen molar-refractivity contribution in [3.63, 3.8) is 0 Å². The van der Waals surface area contributed by atoms with E-state index in [4.69, 9.17) is 5.73 Å². The summed E-state index contributed by atoms with van der Waals surface area (Å²) in [5.74, 6) is 1.69. The van der Waals surface area contributed by atoms with Crippen LogP contribution in [0, 0.1) is 0 Å². The molecule has 0 saturated heterocycles. The second kappa shape index (κ2) is 3.42. The molecule has 0 spiro atoms. The Balaban J connectivity index is 2.09. The van der Waals surface area contributed by atoms with Crippen LogP contribution in [-0.4, -0.2) is 21.7 Å². The van der Waals surface area contributed by atoms with E-state index in [9.17, 15) is 4.79 Å². The molecule has 2 aromatic heterocycles. The SMILES string of the molecule is NCC(=O)c1ccn2c(C3CC3)ncc2c1. The fourth-order valence-corrected chi connectivity index (χ4v) is 1.96. The summed E-state index contributed by atoms with van der Waals surface area (Å²) in [6, 6.07) is 3.67. The maximum Gasteiger partial charge on any atom is 0.176 e. The van der Waals surface area contributed by atoms with Gasteiger partial charge < -0.3 is 10.1 Å². The number of pyridine rings is 1. The number of hydrogen-bond acceptors (Lipinski definition) is 3. The zero-order chi connectivity index (χ0) is 11.1. The molecule has 0 radical (unpaired) electrons. The topological polar surface area (TPSA) is 60.4 Å². The molecule has 0 aromatic carbocycles. The standard InChI is InChI=1S/C12H13N3O/c13-6-11(16)9-3-4-15-10(5-9)7-14-12(15)8-1-2-8/h3-5,7-8H,1-2,6,13H2. The van der Waals surface area contributed by atoms with E-state index in [0.717, 1.165) is 11.3 Å². The smallest absolute Gasteiger partial charge is 0.176 e. The first-order chi connectivity index (χ1) is 7.79. The second-order valence-corrected chi connectivity index (χ2v) is 4.23. The molecule has 0 amide bonds. The lowest BCUT2D eigenvalue weighted by Crippen LogP contribution is -2.13. The number of fused-ring (bicyclic) bond motifs is 1. The Morgan fingerprint density at radius 2 is 2.38 bits per heavy atom. The summed E-state index contributed by atoms with van der Waals surface area (Å²) in [6.45, 7) is 0.0553. The Hall–Kier alpha value is -1.68. The quantitative estimate of drug-likeness (QED) is 0.786. The lowest BCUT2D eigenvalue weighted by atomic mass is 10.1. The number of nitrogens with zero attached hydrogens (tertiary/aromatic N) is 2. The highest BCUT2D eigenvalue weighted by atomic mass is 16.1. The number of hydrogen-bond donors (Lipinski definition) is 1. The summed E-state index contributed by atoms with van der Waals surface area (Å²) in [7, 11) is 0. The van der Waals surface area contributed by atoms with Crippen LogP contribution in [-0.2, 0) is 0 Å². The molecule has 0 aliphatic heterocycles. The number of imidazole rings is 1. The predicted molar refractivity (Wildman–Crippen MR) is 60.6 cm³/mol. The van der Waals surface area contributed by atoms with E-state index < -0.39 is 0 Å². The van der Waals surface area contributed by atoms with Gasteiger partial charge in [-0.25, -0.2) is 4.98 Å². The zero-order valence-electron chi connectivity index (χ0n) is 8.89. The Morgan fingerprint density at radius 3 is 3.06 bits per heavy atom. The van der Waals surface area contributed by atoms with E-state index in [1.54, 1.807) is 0 Å². The Labute approximate surface area is 93.1 Å². The van der Waals surface area contributed by atoms with Crippen molar-refractivity contribution in [1.29, 1.82) is 0 Å². The van der Waals surface area contributed by atoms with Gasteiger partial charge in [-0.05, 0) is 25.0 Å². The third-order valence-corrected chi connectivity index (χ3v) is 3.01. The second-order valence-electron chi connectivity index (χ2n) is 4.23. The normalized spacial score (nSPS) is 15.6. The molecule has 1 fully saturated rings. The number of aromatic nitrogens is 2. The average molecular weight is 215 g/mol. The molecular formula is C12H13N3O. The van der Waals surface area contributed by atoms with Crippen molar-refractivity contribution in [2.75, 3.05) is 6.54 Å². The number of nitrogens with two attached hydrogens (primary N) is 1. The summed E-state index contributed by atoms with van der Waals surface area (Å²) >= 11 is 0. The van der Waals surface area contributed by atoms with Gasteiger partial charge in [0.1, 0.15) is 5.82 Å². The maximum atomic E-state index is 11.5. The minimum Gasteiger partial charge on any atom is -0.324 e. The summed E-state index contributed by atoms with van der Waals surface area (Å²) in [4.78, 5) is 15.9. The van der Waals surface area contributed by atoms with E-state index in [1.807, 2.05) is 24.5 Å². The lowest BCUT2D eigenvalue weighted by Gasteiger charge is -2.01. The van der Waals surface area contributed by atoms with Crippen molar-refractivity contribution in [1.82, 2.24) is 9.38 Å². The van der Waals surface area contributed by atoms with Crippen molar-refractivity contribution in [3.05, 3.63) is 35.9 Å². The predicted octanol–water partition coefficient (Wildman–Crippen LogP) is 1.35. The molecule has 1 saturated carbocycles. The molecular weight excluding hydrogens is 202 g/mol. The first-order valence-electron chi connectivity index (χ1n) is 5.50. The molecule has 0 atom stereocenters. The highest BCUT2D eigenvalue weighted by molar-refractivity contribution is 5.98. The molecule has 4 heteroatoms. The highest BCUT2D eigenvalue weighted by Gasteiger charge is 2.27. The number of carbonyl (C=O) groups excluding carboxylic acids is 1. The molecule has 16 heavy (non-hydrogen) atoms. The number of Topliss-reactive ketones (excluding diaryl/α,β-unsaturated/α-hetero) is 1. The Kier molecular flexibility index (Phi) is 2.04. The fraction of sp³-hybridized carbons (Fsp3) is 0.333. The van der Waals surface area contributed by atoms with Crippen LogP contribution in [0.1, 0.15) is 34.9 Å². The van der Waals surface area contributed by atoms with Gasteiger partial charge >= 0.3 is 0 Å². The Bertz CT molecular complexity index is 554. The summed E-state index contributed by atoms with van der Waals surface area (Å²) in [5.41, 5.74) is 6.98. The van der Waals surface area contributed by atoms with Gasteiger partial charge in [0.2, 0.25) is 0 Å². The van der Waals surface area contributed by atoms with Crippen LogP contribution in [0.3, 0.4) is 0 Å². The minimum atomic E-state index is -0.0309. The van der Waals surface area contributed by atoms with Gasteiger partial charge in [-0.2, -0.15) is 0 Å². The molecule has 0 bridgehead atoms. The summed E-state index contributed by atoms with van der Waals surface area (Å²) in [6.07, 6.45) is 6.19. The lowest BCUT2D eigenvalue weighted by molar-refractivity contribution is 0.100.